The molecule has 262 valence electrons. The summed E-state index contributed by atoms with van der Waals surface area (Å²) in [4.78, 5) is 0. The lowest BCUT2D eigenvalue weighted by Gasteiger charge is -2.65. The van der Waals surface area contributed by atoms with Crippen molar-refractivity contribution in [2.75, 3.05) is 20.3 Å². The Morgan fingerprint density at radius 3 is 2.20 bits per heavy atom. The standard InChI is InChI=1S/C35H62O10/c1-18(2)20(11-14-44-32-30(41)27(38)24(43-6)17-45-32)8-7-19(3)26-28(39)29(40)31-34(26,5)13-10-25-33(4)12-9-21(36)15-22(33)23(37)16-35(25,31)42/h18-32,36-42H,7-17H2,1-6H3. The van der Waals surface area contributed by atoms with Crippen molar-refractivity contribution in [2.24, 2.45) is 52.3 Å². The van der Waals surface area contributed by atoms with Crippen molar-refractivity contribution in [1.82, 2.24) is 0 Å². The molecule has 5 rings (SSSR count). The molecule has 45 heavy (non-hydrogen) atoms. The van der Waals surface area contributed by atoms with E-state index in [4.69, 9.17) is 14.2 Å². The number of hydrogen-bond acceptors (Lipinski definition) is 10. The molecule has 1 aliphatic heterocycles. The van der Waals surface area contributed by atoms with Crippen molar-refractivity contribution in [3.8, 4) is 0 Å². The first-order valence-electron chi connectivity index (χ1n) is 17.7. The summed E-state index contributed by atoms with van der Waals surface area (Å²) < 4.78 is 16.6. The van der Waals surface area contributed by atoms with Crippen molar-refractivity contribution in [3.63, 3.8) is 0 Å². The van der Waals surface area contributed by atoms with Crippen molar-refractivity contribution < 1.29 is 50.0 Å². The Bertz CT molecular complexity index is 997. The summed E-state index contributed by atoms with van der Waals surface area (Å²) >= 11 is 0. The highest BCUT2D eigenvalue weighted by molar-refractivity contribution is 5.21. The molecule has 5 fully saturated rings. The molecule has 5 aliphatic rings. The monoisotopic (exact) mass is 642 g/mol. The van der Waals surface area contributed by atoms with Gasteiger partial charge in [0.25, 0.3) is 0 Å². The number of methoxy groups -OCH3 is 1. The summed E-state index contributed by atoms with van der Waals surface area (Å²) in [6.07, 6.45) is -0.745. The van der Waals surface area contributed by atoms with Gasteiger partial charge in [0.15, 0.2) is 6.29 Å². The van der Waals surface area contributed by atoms with Crippen molar-refractivity contribution in [1.29, 1.82) is 0 Å². The Kier molecular flexibility index (Phi) is 10.8. The van der Waals surface area contributed by atoms with Gasteiger partial charge in [0, 0.05) is 19.4 Å². The van der Waals surface area contributed by atoms with Crippen LogP contribution in [-0.2, 0) is 14.2 Å². The van der Waals surface area contributed by atoms with E-state index in [0.717, 1.165) is 38.5 Å². The van der Waals surface area contributed by atoms with E-state index in [9.17, 15) is 35.7 Å². The maximum atomic E-state index is 12.6. The van der Waals surface area contributed by atoms with Crippen LogP contribution in [0.2, 0.25) is 0 Å². The first kappa shape index (κ1) is 35.9. The van der Waals surface area contributed by atoms with Gasteiger partial charge < -0.3 is 50.0 Å². The summed E-state index contributed by atoms with van der Waals surface area (Å²) in [5.74, 6) is -0.101. The van der Waals surface area contributed by atoms with E-state index in [2.05, 4.69) is 34.6 Å². The van der Waals surface area contributed by atoms with Gasteiger partial charge in [-0.15, -0.1) is 0 Å². The van der Waals surface area contributed by atoms with Crippen LogP contribution in [0, 0.1) is 52.3 Å². The molecule has 0 aromatic carbocycles. The maximum absolute atomic E-state index is 12.6. The molecular formula is C35H62O10. The zero-order chi connectivity index (χ0) is 33.1. The van der Waals surface area contributed by atoms with Crippen molar-refractivity contribution in [2.45, 2.75) is 147 Å². The van der Waals surface area contributed by atoms with Crippen LogP contribution in [0.5, 0.6) is 0 Å². The molecule has 4 saturated carbocycles. The molecule has 7 N–H and O–H groups in total. The quantitative estimate of drug-likeness (QED) is 0.188. The fourth-order valence-electron chi connectivity index (χ4n) is 11.4. The Labute approximate surface area is 269 Å². The minimum Gasteiger partial charge on any atom is -0.393 e. The number of ether oxygens (including phenoxy) is 3. The van der Waals surface area contributed by atoms with Gasteiger partial charge in [-0.3, -0.25) is 0 Å². The van der Waals surface area contributed by atoms with Gasteiger partial charge in [-0.05, 0) is 91.3 Å². The van der Waals surface area contributed by atoms with E-state index >= 15 is 0 Å². The van der Waals surface area contributed by atoms with Gasteiger partial charge in [-0.2, -0.15) is 0 Å². The second-order valence-electron chi connectivity index (χ2n) is 16.6. The molecule has 10 heteroatoms. The van der Waals surface area contributed by atoms with Crippen LogP contribution < -0.4 is 0 Å². The summed E-state index contributed by atoms with van der Waals surface area (Å²) in [5.41, 5.74) is -2.09. The van der Waals surface area contributed by atoms with Crippen LogP contribution >= 0.6 is 0 Å². The SMILES string of the molecule is COC1COC(OCCC(CCC(C)C2C(O)C(O)C3C2(C)CCC2C4(C)CCC(O)CC4C(O)CC23O)C(C)C)C(O)C1O. The predicted molar refractivity (Wildman–Crippen MR) is 167 cm³/mol. The topological polar surface area (TPSA) is 169 Å². The third kappa shape index (κ3) is 6.17. The van der Waals surface area contributed by atoms with E-state index in [1.54, 1.807) is 0 Å². The normalized spacial score (nSPS) is 51.3. The molecule has 1 heterocycles. The number of aliphatic hydroxyl groups is 7. The van der Waals surface area contributed by atoms with E-state index < -0.39 is 66.0 Å². The second kappa shape index (κ2) is 13.5. The van der Waals surface area contributed by atoms with Crippen LogP contribution in [0.15, 0.2) is 0 Å². The molecule has 0 amide bonds. The van der Waals surface area contributed by atoms with Crippen LogP contribution in [0.3, 0.4) is 0 Å². The fourth-order valence-corrected chi connectivity index (χ4v) is 11.4. The van der Waals surface area contributed by atoms with E-state index in [0.29, 0.717) is 31.3 Å². The highest BCUT2D eigenvalue weighted by Crippen LogP contribution is 2.69. The first-order chi connectivity index (χ1) is 21.1. The average molecular weight is 643 g/mol. The summed E-state index contributed by atoms with van der Waals surface area (Å²) in [6.45, 7) is 11.4. The Morgan fingerprint density at radius 2 is 1.53 bits per heavy atom. The highest BCUT2D eigenvalue weighted by atomic mass is 16.7. The average Bonchev–Trinajstić information content (AvgIpc) is 3.18. The number of aliphatic hydroxyl groups excluding tert-OH is 6. The van der Waals surface area contributed by atoms with E-state index in [1.807, 2.05) is 0 Å². The third-order valence-corrected chi connectivity index (χ3v) is 13.9. The molecule has 0 aromatic heterocycles. The molecule has 4 aliphatic carbocycles. The molecule has 0 bridgehead atoms. The summed E-state index contributed by atoms with van der Waals surface area (Å²) in [5, 5.41) is 78.2. The lowest BCUT2D eigenvalue weighted by molar-refractivity contribution is -0.274. The van der Waals surface area contributed by atoms with E-state index in [-0.39, 0.29) is 42.1 Å². The largest absolute Gasteiger partial charge is 0.393 e. The maximum Gasteiger partial charge on any atom is 0.186 e. The predicted octanol–water partition coefficient (Wildman–Crippen LogP) is 2.22. The molecule has 17 atom stereocenters. The van der Waals surface area contributed by atoms with Gasteiger partial charge in [0.05, 0.1) is 43.2 Å². The molecule has 0 aromatic rings. The molecule has 0 spiro atoms. The van der Waals surface area contributed by atoms with Gasteiger partial charge in [0.1, 0.15) is 18.3 Å². The smallest absolute Gasteiger partial charge is 0.186 e. The van der Waals surface area contributed by atoms with E-state index in [1.165, 1.54) is 7.11 Å². The lowest BCUT2D eigenvalue weighted by atomic mass is 9.42. The van der Waals surface area contributed by atoms with Crippen LogP contribution in [-0.4, -0.2) is 111 Å². The Balaban J connectivity index is 1.24. The fraction of sp³-hybridized carbons (Fsp3) is 1.00. The van der Waals surface area contributed by atoms with Crippen LogP contribution in [0.4, 0.5) is 0 Å². The minimum absolute atomic E-state index is 0.0775. The number of fused-ring (bicyclic) bond motifs is 5. The van der Waals surface area contributed by atoms with Gasteiger partial charge in [-0.25, -0.2) is 0 Å². The Morgan fingerprint density at radius 1 is 0.844 bits per heavy atom. The molecule has 0 radical (unpaired) electrons. The minimum atomic E-state index is -1.28. The first-order valence-corrected chi connectivity index (χ1v) is 17.7. The summed E-state index contributed by atoms with van der Waals surface area (Å²) in [6, 6.07) is 0. The lowest BCUT2D eigenvalue weighted by Crippen LogP contribution is -2.68. The zero-order valence-electron chi connectivity index (χ0n) is 28.3. The molecule has 17 unspecified atom stereocenters. The zero-order valence-corrected chi connectivity index (χ0v) is 28.3. The van der Waals surface area contributed by atoms with Crippen LogP contribution in [0.25, 0.3) is 0 Å². The molecule has 1 saturated heterocycles. The van der Waals surface area contributed by atoms with Crippen molar-refractivity contribution in [3.05, 3.63) is 0 Å². The highest BCUT2D eigenvalue weighted by Gasteiger charge is 2.72. The summed E-state index contributed by atoms with van der Waals surface area (Å²) in [7, 11) is 1.47. The van der Waals surface area contributed by atoms with Gasteiger partial charge >= 0.3 is 0 Å². The number of hydrogen-bond donors (Lipinski definition) is 7. The van der Waals surface area contributed by atoms with Crippen LogP contribution in [0.1, 0.15) is 92.4 Å². The van der Waals surface area contributed by atoms with Gasteiger partial charge in [-0.1, -0.05) is 41.0 Å². The molecule has 10 nitrogen and oxygen atoms in total. The van der Waals surface area contributed by atoms with Gasteiger partial charge in [0.2, 0.25) is 0 Å². The number of rotatable bonds is 10. The third-order valence-electron chi connectivity index (χ3n) is 13.9. The second-order valence-corrected chi connectivity index (χ2v) is 16.6. The Hall–Kier alpha value is -0.400. The molecular weight excluding hydrogens is 580 g/mol. The van der Waals surface area contributed by atoms with Crippen molar-refractivity contribution >= 4 is 0 Å².